The molecule has 0 aliphatic heterocycles. The average molecular weight is 328 g/mol. The van der Waals surface area contributed by atoms with Crippen LogP contribution >= 0.6 is 0 Å². The Bertz CT molecular complexity index is 544. The second kappa shape index (κ2) is 12.1. The van der Waals surface area contributed by atoms with Crippen LogP contribution in [0.1, 0.15) is 25.8 Å². The zero-order valence-corrected chi connectivity index (χ0v) is 14.7. The number of nitrogens with zero attached hydrogens (tertiary/aromatic N) is 2. The molecule has 0 heterocycles. The van der Waals surface area contributed by atoms with Gasteiger partial charge in [0.25, 0.3) is 5.91 Å². The van der Waals surface area contributed by atoms with Crippen LogP contribution in [0.2, 0.25) is 0 Å². The van der Waals surface area contributed by atoms with Crippen molar-refractivity contribution in [1.29, 1.82) is 5.26 Å². The highest BCUT2D eigenvalue weighted by Crippen LogP contribution is 1.99. The molecule has 0 unspecified atom stereocenters. The Morgan fingerprint density at radius 2 is 1.92 bits per heavy atom. The zero-order chi connectivity index (χ0) is 17.6. The SMILES string of the molecule is CCN(CC)CCCN/C=C(/C#N)C(=O)NCCc1ccccc1. The van der Waals surface area contributed by atoms with Gasteiger partial charge < -0.3 is 15.5 Å². The highest BCUT2D eigenvalue weighted by atomic mass is 16.1. The molecule has 5 nitrogen and oxygen atoms in total. The third-order valence-corrected chi connectivity index (χ3v) is 3.84. The van der Waals surface area contributed by atoms with Crippen LogP contribution in [0, 0.1) is 11.3 Å². The summed E-state index contributed by atoms with van der Waals surface area (Å²) in [6.07, 6.45) is 3.25. The average Bonchev–Trinajstić information content (AvgIpc) is 2.62. The highest BCUT2D eigenvalue weighted by molar-refractivity contribution is 5.97. The minimum Gasteiger partial charge on any atom is -0.390 e. The summed E-state index contributed by atoms with van der Waals surface area (Å²) in [6.45, 7) is 8.65. The predicted octanol–water partition coefficient (Wildman–Crippen LogP) is 2.07. The van der Waals surface area contributed by atoms with Crippen molar-refractivity contribution >= 4 is 5.91 Å². The molecule has 0 fully saturated rings. The molecule has 1 aromatic rings. The number of benzene rings is 1. The summed E-state index contributed by atoms with van der Waals surface area (Å²) in [5.74, 6) is -0.329. The Morgan fingerprint density at radius 1 is 1.21 bits per heavy atom. The van der Waals surface area contributed by atoms with Crippen LogP contribution in [0.15, 0.2) is 42.1 Å². The van der Waals surface area contributed by atoms with Crippen LogP contribution in [0.5, 0.6) is 0 Å². The van der Waals surface area contributed by atoms with Crippen molar-refractivity contribution in [3.8, 4) is 6.07 Å². The summed E-state index contributed by atoms with van der Waals surface area (Å²) in [5.41, 5.74) is 1.28. The van der Waals surface area contributed by atoms with E-state index in [2.05, 4.69) is 29.4 Å². The molecule has 0 bridgehead atoms. The normalized spacial score (nSPS) is 11.2. The number of rotatable bonds is 11. The molecular formula is C19H28N4O. The summed E-state index contributed by atoms with van der Waals surface area (Å²) in [6, 6.07) is 11.9. The minimum atomic E-state index is -0.329. The van der Waals surface area contributed by atoms with E-state index in [1.54, 1.807) is 0 Å². The van der Waals surface area contributed by atoms with Crippen molar-refractivity contribution in [3.05, 3.63) is 47.7 Å². The maximum Gasteiger partial charge on any atom is 0.263 e. The summed E-state index contributed by atoms with van der Waals surface area (Å²) in [5, 5.41) is 14.9. The Balaban J connectivity index is 2.28. The van der Waals surface area contributed by atoms with Crippen molar-refractivity contribution in [3.63, 3.8) is 0 Å². The van der Waals surface area contributed by atoms with Crippen LogP contribution in [-0.2, 0) is 11.2 Å². The first kappa shape index (κ1) is 19.7. The molecule has 0 saturated heterocycles. The Hall–Kier alpha value is -2.32. The molecule has 2 N–H and O–H groups in total. The summed E-state index contributed by atoms with van der Waals surface area (Å²) in [7, 11) is 0. The van der Waals surface area contributed by atoms with Gasteiger partial charge in [-0.1, -0.05) is 44.2 Å². The maximum atomic E-state index is 12.0. The first-order valence-electron chi connectivity index (χ1n) is 8.59. The van der Waals surface area contributed by atoms with E-state index in [0.717, 1.165) is 44.6 Å². The topological polar surface area (TPSA) is 68.2 Å². The summed E-state index contributed by atoms with van der Waals surface area (Å²) >= 11 is 0. The molecule has 0 spiro atoms. The third kappa shape index (κ3) is 7.80. The molecule has 1 rings (SSSR count). The Morgan fingerprint density at radius 3 is 2.54 bits per heavy atom. The molecular weight excluding hydrogens is 300 g/mol. The van der Waals surface area contributed by atoms with E-state index in [4.69, 9.17) is 5.26 Å². The fourth-order valence-electron chi connectivity index (χ4n) is 2.33. The first-order valence-corrected chi connectivity index (χ1v) is 8.59. The van der Waals surface area contributed by atoms with Gasteiger partial charge in [-0.3, -0.25) is 4.79 Å². The van der Waals surface area contributed by atoms with Gasteiger partial charge in [-0.15, -0.1) is 0 Å². The molecule has 1 amide bonds. The number of nitriles is 1. The van der Waals surface area contributed by atoms with E-state index in [0.29, 0.717) is 6.54 Å². The van der Waals surface area contributed by atoms with E-state index in [-0.39, 0.29) is 11.5 Å². The fourth-order valence-corrected chi connectivity index (χ4v) is 2.33. The third-order valence-electron chi connectivity index (χ3n) is 3.84. The van der Waals surface area contributed by atoms with E-state index < -0.39 is 0 Å². The summed E-state index contributed by atoms with van der Waals surface area (Å²) in [4.78, 5) is 14.3. The molecule has 0 radical (unpaired) electrons. The molecule has 24 heavy (non-hydrogen) atoms. The molecule has 1 aromatic carbocycles. The number of carbonyl (C=O) groups is 1. The van der Waals surface area contributed by atoms with Gasteiger partial charge in [-0.2, -0.15) is 5.26 Å². The standard InChI is InChI=1S/C19H28N4O/c1-3-23(4-2)14-8-12-21-16-18(15-20)19(24)22-13-11-17-9-6-5-7-10-17/h5-7,9-10,16,21H,3-4,8,11-14H2,1-2H3,(H,22,24)/b18-16-. The minimum absolute atomic E-state index is 0.117. The van der Waals surface area contributed by atoms with Gasteiger partial charge in [0.15, 0.2) is 0 Å². The molecule has 130 valence electrons. The number of amides is 1. The molecule has 0 aliphatic rings. The molecule has 0 aliphatic carbocycles. The lowest BCUT2D eigenvalue weighted by molar-refractivity contribution is -0.117. The van der Waals surface area contributed by atoms with Gasteiger partial charge in [0.2, 0.25) is 0 Å². The van der Waals surface area contributed by atoms with Crippen LogP contribution in [-0.4, -0.2) is 43.5 Å². The predicted molar refractivity (Wildman–Crippen MR) is 97.3 cm³/mol. The largest absolute Gasteiger partial charge is 0.390 e. The van der Waals surface area contributed by atoms with Crippen molar-refractivity contribution in [1.82, 2.24) is 15.5 Å². The van der Waals surface area contributed by atoms with E-state index >= 15 is 0 Å². The number of hydrogen-bond acceptors (Lipinski definition) is 4. The zero-order valence-electron chi connectivity index (χ0n) is 14.7. The smallest absolute Gasteiger partial charge is 0.263 e. The maximum absolute atomic E-state index is 12.0. The van der Waals surface area contributed by atoms with E-state index in [1.165, 1.54) is 6.20 Å². The van der Waals surface area contributed by atoms with Crippen LogP contribution in [0.3, 0.4) is 0 Å². The second-order valence-electron chi connectivity index (χ2n) is 5.50. The second-order valence-corrected chi connectivity index (χ2v) is 5.50. The molecule has 0 atom stereocenters. The van der Waals surface area contributed by atoms with Crippen molar-refractivity contribution in [2.75, 3.05) is 32.7 Å². The van der Waals surface area contributed by atoms with Gasteiger partial charge in [-0.25, -0.2) is 0 Å². The molecule has 0 aromatic heterocycles. The molecule has 5 heteroatoms. The summed E-state index contributed by atoms with van der Waals surface area (Å²) < 4.78 is 0. The lowest BCUT2D eigenvalue weighted by Crippen LogP contribution is -2.28. The van der Waals surface area contributed by atoms with Gasteiger partial charge in [-0.05, 0) is 38.0 Å². The van der Waals surface area contributed by atoms with Crippen molar-refractivity contribution in [2.45, 2.75) is 26.7 Å². The van der Waals surface area contributed by atoms with E-state index in [9.17, 15) is 4.79 Å². The first-order chi connectivity index (χ1) is 11.7. The Kier molecular flexibility index (Phi) is 9.98. The quantitative estimate of drug-likeness (QED) is 0.371. The van der Waals surface area contributed by atoms with Gasteiger partial charge in [0.05, 0.1) is 0 Å². The van der Waals surface area contributed by atoms with E-state index in [1.807, 2.05) is 36.4 Å². The lowest BCUT2D eigenvalue weighted by Gasteiger charge is -2.17. The van der Waals surface area contributed by atoms with Crippen molar-refractivity contribution < 1.29 is 4.79 Å². The van der Waals surface area contributed by atoms with Crippen LogP contribution in [0.25, 0.3) is 0 Å². The van der Waals surface area contributed by atoms with Gasteiger partial charge in [0.1, 0.15) is 11.6 Å². The number of nitrogens with one attached hydrogen (secondary N) is 2. The van der Waals surface area contributed by atoms with Gasteiger partial charge >= 0.3 is 0 Å². The van der Waals surface area contributed by atoms with Gasteiger partial charge in [0, 0.05) is 19.3 Å². The van der Waals surface area contributed by atoms with Crippen LogP contribution < -0.4 is 10.6 Å². The Labute approximate surface area is 145 Å². The van der Waals surface area contributed by atoms with Crippen molar-refractivity contribution in [2.24, 2.45) is 0 Å². The lowest BCUT2D eigenvalue weighted by atomic mass is 10.1. The van der Waals surface area contributed by atoms with Crippen LogP contribution in [0.4, 0.5) is 0 Å². The molecule has 0 saturated carbocycles. The number of hydrogen-bond donors (Lipinski definition) is 2. The number of carbonyl (C=O) groups excluding carboxylic acids is 1. The highest BCUT2D eigenvalue weighted by Gasteiger charge is 2.07. The monoisotopic (exact) mass is 328 g/mol. The fraction of sp³-hybridized carbons (Fsp3) is 0.474.